The van der Waals surface area contributed by atoms with Crippen LogP contribution in [-0.4, -0.2) is 60.9 Å². The normalized spacial score (nSPS) is 20.3. The average Bonchev–Trinajstić information content (AvgIpc) is 3.16. The molecule has 2 aliphatic rings. The Balaban J connectivity index is 1.42. The number of thioether (sulfide) groups is 2. The number of fused-ring (bicyclic) bond motifs is 1. The Kier molecular flexibility index (Phi) is 6.30. The highest BCUT2D eigenvalue weighted by Gasteiger charge is 2.54. The van der Waals surface area contributed by atoms with E-state index < -0.39 is 29.1 Å². The molecule has 8 nitrogen and oxygen atoms in total. The molecule has 2 aliphatic heterocycles. The number of amides is 2. The summed E-state index contributed by atoms with van der Waals surface area (Å²) in [7, 11) is 0. The van der Waals surface area contributed by atoms with Gasteiger partial charge in [0.1, 0.15) is 27.9 Å². The molecule has 2 aromatic rings. The first-order chi connectivity index (χ1) is 14.8. The number of rotatable bonds is 7. The molecule has 1 aromatic heterocycles. The molecule has 2 atom stereocenters. The molecule has 4 rings (SSSR count). The van der Waals surface area contributed by atoms with Gasteiger partial charge in [-0.15, -0.1) is 22.0 Å². The fraction of sp³-hybridized carbons (Fsp3) is 0.316. The van der Waals surface area contributed by atoms with Crippen LogP contribution in [0, 0.1) is 12.7 Å². The molecular formula is C19H17FN4O4S3. The van der Waals surface area contributed by atoms with E-state index in [1.165, 1.54) is 64.0 Å². The third-order valence-electron chi connectivity index (χ3n) is 4.72. The monoisotopic (exact) mass is 480 g/mol. The van der Waals surface area contributed by atoms with Crippen LogP contribution in [0.5, 0.6) is 0 Å². The molecule has 0 unspecified atom stereocenters. The molecule has 1 aromatic carbocycles. The van der Waals surface area contributed by atoms with Gasteiger partial charge in [-0.3, -0.25) is 14.5 Å². The number of nitrogens with one attached hydrogen (secondary N) is 1. The first-order valence-electron chi connectivity index (χ1n) is 9.20. The Morgan fingerprint density at radius 1 is 1.32 bits per heavy atom. The SMILES string of the molecule is Cc1nnc(SCC2=C(C(=O)O)N3C(=O)[C@H](NC(=O)Cc4ccc(F)cc4)[C@@H]3SC2)s1. The number of carboxylic acids is 1. The first kappa shape index (κ1) is 21.8. The lowest BCUT2D eigenvalue weighted by Gasteiger charge is -2.49. The largest absolute Gasteiger partial charge is 0.477 e. The van der Waals surface area contributed by atoms with Crippen LogP contribution in [0.3, 0.4) is 0 Å². The van der Waals surface area contributed by atoms with E-state index in [2.05, 4.69) is 15.5 Å². The van der Waals surface area contributed by atoms with Crippen LogP contribution in [0.25, 0.3) is 0 Å². The van der Waals surface area contributed by atoms with Gasteiger partial charge in [-0.2, -0.15) is 0 Å². The minimum absolute atomic E-state index is 0.00618. The van der Waals surface area contributed by atoms with Gasteiger partial charge in [0.25, 0.3) is 5.91 Å². The molecule has 1 saturated heterocycles. The van der Waals surface area contributed by atoms with Crippen LogP contribution in [0.4, 0.5) is 4.39 Å². The first-order valence-corrected chi connectivity index (χ1v) is 12.1. The van der Waals surface area contributed by atoms with Crippen molar-refractivity contribution in [2.75, 3.05) is 11.5 Å². The van der Waals surface area contributed by atoms with Crippen LogP contribution in [0.15, 0.2) is 39.9 Å². The summed E-state index contributed by atoms with van der Waals surface area (Å²) in [5.41, 5.74) is 1.23. The number of hydrogen-bond donors (Lipinski definition) is 2. The van der Waals surface area contributed by atoms with Crippen molar-refractivity contribution in [2.45, 2.75) is 29.1 Å². The maximum atomic E-state index is 13.0. The number of nitrogens with zero attached hydrogens (tertiary/aromatic N) is 3. The van der Waals surface area contributed by atoms with E-state index in [1.807, 2.05) is 6.92 Å². The summed E-state index contributed by atoms with van der Waals surface area (Å²) >= 11 is 4.23. The van der Waals surface area contributed by atoms with Crippen molar-refractivity contribution in [3.05, 3.63) is 51.9 Å². The quantitative estimate of drug-likeness (QED) is 0.458. The molecule has 2 N–H and O–H groups in total. The summed E-state index contributed by atoms with van der Waals surface area (Å²) in [6.45, 7) is 1.84. The van der Waals surface area contributed by atoms with Gasteiger partial charge in [-0.05, 0) is 30.2 Å². The van der Waals surface area contributed by atoms with Gasteiger partial charge in [0, 0.05) is 11.5 Å². The number of β-lactam (4-membered cyclic amide) rings is 1. The van der Waals surface area contributed by atoms with Gasteiger partial charge in [0.2, 0.25) is 5.91 Å². The lowest BCUT2D eigenvalue weighted by molar-refractivity contribution is -0.150. The van der Waals surface area contributed by atoms with E-state index in [9.17, 15) is 23.9 Å². The van der Waals surface area contributed by atoms with Crippen LogP contribution in [0.1, 0.15) is 10.6 Å². The Labute approximate surface area is 189 Å². The smallest absolute Gasteiger partial charge is 0.352 e. The average molecular weight is 481 g/mol. The summed E-state index contributed by atoms with van der Waals surface area (Å²) in [4.78, 5) is 38.2. The molecule has 0 aliphatic carbocycles. The van der Waals surface area contributed by atoms with Gasteiger partial charge < -0.3 is 10.4 Å². The van der Waals surface area contributed by atoms with E-state index in [1.54, 1.807) is 0 Å². The number of halogens is 1. The van der Waals surface area contributed by atoms with E-state index in [4.69, 9.17) is 0 Å². The standard InChI is InChI=1S/C19H17FN4O4S3/c1-9-22-23-19(31-9)30-8-11-7-29-17-14(16(26)24(17)15(11)18(27)28)21-13(25)6-10-2-4-12(20)5-3-10/h2-5,14,17H,6-8H2,1H3,(H,21,25)(H,27,28)/t14-,17-/m0/s1. The Morgan fingerprint density at radius 3 is 2.71 bits per heavy atom. The zero-order chi connectivity index (χ0) is 22.1. The highest BCUT2D eigenvalue weighted by Crippen LogP contribution is 2.41. The van der Waals surface area contributed by atoms with Crippen LogP contribution < -0.4 is 5.32 Å². The van der Waals surface area contributed by atoms with Crippen LogP contribution >= 0.6 is 34.9 Å². The highest BCUT2D eigenvalue weighted by molar-refractivity contribution is 8.01. The van der Waals surface area contributed by atoms with Crippen molar-refractivity contribution in [3.63, 3.8) is 0 Å². The molecule has 12 heteroatoms. The van der Waals surface area contributed by atoms with Crippen molar-refractivity contribution < 1.29 is 23.9 Å². The van der Waals surface area contributed by atoms with Crippen LogP contribution in [-0.2, 0) is 20.8 Å². The van der Waals surface area contributed by atoms with Gasteiger partial charge in [0.15, 0.2) is 4.34 Å². The molecule has 1 fully saturated rings. The third kappa shape index (κ3) is 4.60. The number of aromatic nitrogens is 2. The lowest BCUT2D eigenvalue weighted by Crippen LogP contribution is -2.70. The topological polar surface area (TPSA) is 112 Å². The number of carbonyl (C=O) groups excluding carboxylic acids is 2. The number of hydrogen-bond acceptors (Lipinski definition) is 8. The predicted octanol–water partition coefficient (Wildman–Crippen LogP) is 2.06. The number of aliphatic carboxylic acids is 1. The molecule has 162 valence electrons. The summed E-state index contributed by atoms with van der Waals surface area (Å²) in [6.07, 6.45) is 0.00618. The van der Waals surface area contributed by atoms with E-state index in [0.717, 1.165) is 9.35 Å². The van der Waals surface area contributed by atoms with Crippen molar-refractivity contribution in [1.29, 1.82) is 0 Å². The molecule has 2 amide bonds. The van der Waals surface area contributed by atoms with E-state index in [0.29, 0.717) is 22.6 Å². The number of benzene rings is 1. The zero-order valence-electron chi connectivity index (χ0n) is 16.2. The summed E-state index contributed by atoms with van der Waals surface area (Å²) < 4.78 is 13.7. The van der Waals surface area contributed by atoms with Crippen molar-refractivity contribution >= 4 is 52.6 Å². The minimum atomic E-state index is -1.17. The molecule has 0 bridgehead atoms. The molecule has 31 heavy (non-hydrogen) atoms. The Hall–Kier alpha value is -2.44. The predicted molar refractivity (Wildman–Crippen MR) is 115 cm³/mol. The number of aryl methyl sites for hydroxylation is 1. The van der Waals surface area contributed by atoms with Gasteiger partial charge >= 0.3 is 5.97 Å². The number of carboxylic acid groups (broad SMARTS) is 1. The summed E-state index contributed by atoms with van der Waals surface area (Å²) in [5.74, 6) is -1.56. The van der Waals surface area contributed by atoms with Gasteiger partial charge in [0.05, 0.1) is 6.42 Å². The Morgan fingerprint density at radius 2 is 2.06 bits per heavy atom. The fourth-order valence-electron chi connectivity index (χ4n) is 3.29. The summed E-state index contributed by atoms with van der Waals surface area (Å²) in [5, 5.41) is 20.7. The van der Waals surface area contributed by atoms with Crippen molar-refractivity contribution in [1.82, 2.24) is 20.4 Å². The molecule has 0 spiro atoms. The fourth-order valence-corrected chi connectivity index (χ4v) is 6.59. The second kappa shape index (κ2) is 8.97. The second-order valence-corrected chi connectivity index (χ2v) is 10.4. The van der Waals surface area contributed by atoms with Crippen molar-refractivity contribution in [3.8, 4) is 0 Å². The van der Waals surface area contributed by atoms with E-state index >= 15 is 0 Å². The van der Waals surface area contributed by atoms with Gasteiger partial charge in [-0.25, -0.2) is 9.18 Å². The third-order valence-corrected chi connectivity index (χ3v) is 8.12. The van der Waals surface area contributed by atoms with E-state index in [-0.39, 0.29) is 18.0 Å². The molecule has 3 heterocycles. The summed E-state index contributed by atoms with van der Waals surface area (Å²) in [6, 6.07) is 4.76. The maximum Gasteiger partial charge on any atom is 0.352 e. The molecular weight excluding hydrogens is 463 g/mol. The second-order valence-electron chi connectivity index (χ2n) is 6.89. The van der Waals surface area contributed by atoms with Gasteiger partial charge in [-0.1, -0.05) is 35.2 Å². The molecule has 0 saturated carbocycles. The number of carbonyl (C=O) groups is 3. The maximum absolute atomic E-state index is 13.0. The van der Waals surface area contributed by atoms with Crippen molar-refractivity contribution in [2.24, 2.45) is 0 Å². The molecule has 0 radical (unpaired) electrons. The zero-order valence-corrected chi connectivity index (χ0v) is 18.7. The minimum Gasteiger partial charge on any atom is -0.477 e. The highest BCUT2D eigenvalue weighted by atomic mass is 32.2. The Bertz CT molecular complexity index is 1070. The lowest BCUT2D eigenvalue weighted by atomic mass is 10.0. The van der Waals surface area contributed by atoms with Crippen LogP contribution in [0.2, 0.25) is 0 Å².